The SMILES string of the molecule is O=C(O)C(S)N1C(=O)CCC1=O. The van der Waals surface area contributed by atoms with Crippen molar-refractivity contribution in [3.05, 3.63) is 0 Å². The van der Waals surface area contributed by atoms with E-state index in [4.69, 9.17) is 5.11 Å². The Kier molecular flexibility index (Phi) is 2.37. The number of rotatable bonds is 2. The van der Waals surface area contributed by atoms with Crippen molar-refractivity contribution in [2.45, 2.75) is 18.2 Å². The second-order valence-electron chi connectivity index (χ2n) is 2.37. The Hall–Kier alpha value is -1.04. The largest absolute Gasteiger partial charge is 0.479 e. The molecule has 5 nitrogen and oxygen atoms in total. The van der Waals surface area contributed by atoms with Crippen LogP contribution >= 0.6 is 12.6 Å². The van der Waals surface area contributed by atoms with Crippen LogP contribution in [0.5, 0.6) is 0 Å². The molecule has 1 unspecified atom stereocenters. The van der Waals surface area contributed by atoms with Crippen LogP contribution in [0.3, 0.4) is 0 Å². The molecule has 0 radical (unpaired) electrons. The van der Waals surface area contributed by atoms with Gasteiger partial charge in [-0.15, -0.1) is 12.6 Å². The van der Waals surface area contributed by atoms with Crippen LogP contribution in [0.15, 0.2) is 0 Å². The van der Waals surface area contributed by atoms with E-state index in [1.54, 1.807) is 0 Å². The van der Waals surface area contributed by atoms with E-state index in [1.807, 2.05) is 0 Å². The number of carboxylic acids is 1. The lowest BCUT2D eigenvalue weighted by Gasteiger charge is -2.16. The van der Waals surface area contributed by atoms with Crippen molar-refractivity contribution in [2.75, 3.05) is 0 Å². The maximum atomic E-state index is 10.9. The summed E-state index contributed by atoms with van der Waals surface area (Å²) in [4.78, 5) is 32.9. The highest BCUT2D eigenvalue weighted by Crippen LogP contribution is 2.17. The topological polar surface area (TPSA) is 74.7 Å². The first-order valence-corrected chi connectivity index (χ1v) is 3.81. The molecule has 1 rings (SSSR count). The van der Waals surface area contributed by atoms with Gasteiger partial charge < -0.3 is 5.11 Å². The van der Waals surface area contributed by atoms with Gasteiger partial charge in [-0.1, -0.05) is 0 Å². The van der Waals surface area contributed by atoms with Crippen molar-refractivity contribution in [1.82, 2.24) is 4.90 Å². The standard InChI is InChI=1S/C6H7NO4S/c8-3-1-2-4(9)7(3)5(12)6(10)11/h5,12H,1-2H2,(H,10,11). The number of amides is 2. The summed E-state index contributed by atoms with van der Waals surface area (Å²) >= 11 is 3.62. The normalized spacial score (nSPS) is 19.9. The zero-order valence-corrected chi connectivity index (χ0v) is 6.95. The predicted molar refractivity (Wildman–Crippen MR) is 41.5 cm³/mol. The maximum Gasteiger partial charge on any atom is 0.337 e. The minimum absolute atomic E-state index is 0.0865. The summed E-state index contributed by atoms with van der Waals surface area (Å²) < 4.78 is 0. The lowest BCUT2D eigenvalue weighted by atomic mass is 10.4. The maximum absolute atomic E-state index is 10.9. The Labute approximate surface area is 73.8 Å². The molecule has 0 aromatic carbocycles. The molecule has 0 spiro atoms. The van der Waals surface area contributed by atoms with Gasteiger partial charge in [0.1, 0.15) is 0 Å². The van der Waals surface area contributed by atoms with Crippen molar-refractivity contribution in [3.63, 3.8) is 0 Å². The summed E-state index contributed by atoms with van der Waals surface area (Å²) in [6.45, 7) is 0. The van der Waals surface area contributed by atoms with Crippen molar-refractivity contribution in [3.8, 4) is 0 Å². The fourth-order valence-corrected chi connectivity index (χ4v) is 1.23. The number of likely N-dealkylation sites (tertiary alicyclic amines) is 1. The molecule has 2 amide bonds. The second-order valence-corrected chi connectivity index (χ2v) is 2.86. The number of hydrogen-bond acceptors (Lipinski definition) is 4. The van der Waals surface area contributed by atoms with Crippen LogP contribution in [0.1, 0.15) is 12.8 Å². The Morgan fingerprint density at radius 3 is 2.17 bits per heavy atom. The average molecular weight is 189 g/mol. The molecule has 0 aromatic rings. The van der Waals surface area contributed by atoms with Gasteiger partial charge in [-0.3, -0.25) is 14.5 Å². The third-order valence-corrected chi connectivity index (χ3v) is 2.01. The van der Waals surface area contributed by atoms with Gasteiger partial charge in [0.25, 0.3) is 0 Å². The lowest BCUT2D eigenvalue weighted by Crippen LogP contribution is -2.40. The molecule has 0 saturated carbocycles. The van der Waals surface area contributed by atoms with Gasteiger partial charge in [-0.2, -0.15) is 0 Å². The number of imide groups is 1. The van der Waals surface area contributed by atoms with E-state index < -0.39 is 23.2 Å². The van der Waals surface area contributed by atoms with Gasteiger partial charge in [0.2, 0.25) is 11.8 Å². The molecule has 1 N–H and O–H groups in total. The number of carbonyl (C=O) groups is 3. The molecular formula is C6H7NO4S. The van der Waals surface area contributed by atoms with E-state index in [-0.39, 0.29) is 12.8 Å². The zero-order chi connectivity index (χ0) is 9.30. The summed E-state index contributed by atoms with van der Waals surface area (Å²) in [5.74, 6) is -2.23. The van der Waals surface area contributed by atoms with Gasteiger partial charge in [-0.05, 0) is 0 Å². The number of nitrogens with zero attached hydrogens (tertiary/aromatic N) is 1. The fourth-order valence-electron chi connectivity index (χ4n) is 0.977. The Morgan fingerprint density at radius 2 is 1.83 bits per heavy atom. The highest BCUT2D eigenvalue weighted by atomic mass is 32.1. The van der Waals surface area contributed by atoms with Crippen molar-refractivity contribution >= 4 is 30.4 Å². The monoisotopic (exact) mass is 189 g/mol. The van der Waals surface area contributed by atoms with E-state index in [1.165, 1.54) is 0 Å². The van der Waals surface area contributed by atoms with E-state index >= 15 is 0 Å². The third kappa shape index (κ3) is 1.42. The summed E-state index contributed by atoms with van der Waals surface area (Å²) in [7, 11) is 0. The summed E-state index contributed by atoms with van der Waals surface area (Å²) in [5.41, 5.74) is 0. The molecule has 0 aliphatic carbocycles. The number of carbonyl (C=O) groups excluding carboxylic acids is 2. The first kappa shape index (κ1) is 9.05. The third-order valence-electron chi connectivity index (χ3n) is 1.56. The van der Waals surface area contributed by atoms with E-state index in [0.717, 1.165) is 0 Å². The Bertz CT molecular complexity index is 236. The Balaban J connectivity index is 2.79. The zero-order valence-electron chi connectivity index (χ0n) is 6.06. The van der Waals surface area contributed by atoms with Gasteiger partial charge in [-0.25, -0.2) is 4.79 Å². The first-order chi connectivity index (χ1) is 5.54. The highest BCUT2D eigenvalue weighted by molar-refractivity contribution is 7.81. The van der Waals surface area contributed by atoms with Crippen molar-refractivity contribution in [2.24, 2.45) is 0 Å². The summed E-state index contributed by atoms with van der Waals surface area (Å²) in [6, 6.07) is 0. The molecule has 12 heavy (non-hydrogen) atoms. The molecule has 1 saturated heterocycles. The number of aliphatic carboxylic acids is 1. The molecule has 6 heteroatoms. The molecule has 1 atom stereocenters. The molecule has 1 aliphatic rings. The smallest absolute Gasteiger partial charge is 0.337 e. The second kappa shape index (κ2) is 3.14. The average Bonchev–Trinajstić information content (AvgIpc) is 2.30. The molecule has 1 heterocycles. The van der Waals surface area contributed by atoms with E-state index in [9.17, 15) is 14.4 Å². The van der Waals surface area contributed by atoms with Crippen LogP contribution < -0.4 is 0 Å². The van der Waals surface area contributed by atoms with Crippen LogP contribution in [0.2, 0.25) is 0 Å². The van der Waals surface area contributed by atoms with Gasteiger partial charge >= 0.3 is 5.97 Å². The molecule has 66 valence electrons. The van der Waals surface area contributed by atoms with Gasteiger partial charge in [0.05, 0.1) is 0 Å². The van der Waals surface area contributed by atoms with Crippen LogP contribution in [0.4, 0.5) is 0 Å². The van der Waals surface area contributed by atoms with E-state index in [2.05, 4.69) is 12.6 Å². The van der Waals surface area contributed by atoms with Gasteiger partial charge in [0, 0.05) is 12.8 Å². The number of hydrogen-bond donors (Lipinski definition) is 2. The molecule has 1 fully saturated rings. The number of thiol groups is 1. The van der Waals surface area contributed by atoms with Crippen LogP contribution in [0.25, 0.3) is 0 Å². The molecular weight excluding hydrogens is 182 g/mol. The predicted octanol–water partition coefficient (Wildman–Crippen LogP) is -0.524. The molecule has 0 bridgehead atoms. The minimum atomic E-state index is -1.34. The number of carboxylic acid groups (broad SMARTS) is 1. The summed E-state index contributed by atoms with van der Waals surface area (Å²) in [6.07, 6.45) is 0.173. The van der Waals surface area contributed by atoms with E-state index in [0.29, 0.717) is 4.90 Å². The van der Waals surface area contributed by atoms with Gasteiger partial charge in [0.15, 0.2) is 5.37 Å². The lowest BCUT2D eigenvalue weighted by molar-refractivity contribution is -0.150. The molecule has 0 aromatic heterocycles. The minimum Gasteiger partial charge on any atom is -0.479 e. The highest BCUT2D eigenvalue weighted by Gasteiger charge is 2.36. The molecule has 1 aliphatic heterocycles. The Morgan fingerprint density at radius 1 is 1.42 bits per heavy atom. The van der Waals surface area contributed by atoms with Crippen molar-refractivity contribution < 1.29 is 19.5 Å². The van der Waals surface area contributed by atoms with Crippen LogP contribution in [-0.4, -0.2) is 33.2 Å². The first-order valence-electron chi connectivity index (χ1n) is 3.30. The summed E-state index contributed by atoms with van der Waals surface area (Å²) in [5, 5.41) is 7.12. The fraction of sp³-hybridized carbons (Fsp3) is 0.500. The van der Waals surface area contributed by atoms with Crippen LogP contribution in [-0.2, 0) is 14.4 Å². The quantitative estimate of drug-likeness (QED) is 0.452. The van der Waals surface area contributed by atoms with Crippen molar-refractivity contribution in [1.29, 1.82) is 0 Å². The van der Waals surface area contributed by atoms with Crippen LogP contribution in [0, 0.1) is 0 Å².